The third-order valence-electron chi connectivity index (χ3n) is 5.38. The van der Waals surface area contributed by atoms with Gasteiger partial charge in [0.25, 0.3) is 0 Å². The van der Waals surface area contributed by atoms with Crippen LogP contribution >= 0.6 is 0 Å². The third kappa shape index (κ3) is 5.21. The van der Waals surface area contributed by atoms with E-state index in [1.54, 1.807) is 60.7 Å². The number of rotatable bonds is 6. The van der Waals surface area contributed by atoms with Crippen LogP contribution in [0.25, 0.3) is 11.1 Å². The molecule has 3 aromatic carbocycles. The second-order valence-corrected chi connectivity index (χ2v) is 9.59. The number of anilines is 1. The number of nitrogens with zero attached hydrogens (tertiary/aromatic N) is 1. The van der Waals surface area contributed by atoms with Gasteiger partial charge in [0.1, 0.15) is 0 Å². The summed E-state index contributed by atoms with van der Waals surface area (Å²) in [5, 5.41) is 14.5. The van der Waals surface area contributed by atoms with Crippen LogP contribution in [0.2, 0.25) is 0 Å². The van der Waals surface area contributed by atoms with Gasteiger partial charge in [-0.1, -0.05) is 30.3 Å². The predicted octanol–water partition coefficient (Wildman–Crippen LogP) is 2.90. The molecule has 4 N–H and O–H groups in total. The van der Waals surface area contributed by atoms with Gasteiger partial charge in [-0.15, -0.1) is 0 Å². The molecular weight excluding hydrogens is 438 g/mol. The second kappa shape index (κ2) is 9.83. The third-order valence-corrected chi connectivity index (χ3v) is 7.21. The summed E-state index contributed by atoms with van der Waals surface area (Å²) in [5.41, 5.74) is 8.27. The van der Waals surface area contributed by atoms with Crippen LogP contribution in [-0.4, -0.2) is 34.1 Å². The molecule has 1 aliphatic heterocycles. The second-order valence-electron chi connectivity index (χ2n) is 7.68. The predicted molar refractivity (Wildman–Crippen MR) is 125 cm³/mol. The SMILES string of the molecule is N#Cc1ccc(-c2ccccc2S(=O)(=O)c2ccc(NC(=O)NCC3CNNC3)cc2)cc1. The number of benzene rings is 3. The molecule has 8 nitrogen and oxygen atoms in total. The minimum absolute atomic E-state index is 0.123. The van der Waals surface area contributed by atoms with E-state index in [9.17, 15) is 13.2 Å². The topological polar surface area (TPSA) is 123 Å². The van der Waals surface area contributed by atoms with Crippen LogP contribution in [-0.2, 0) is 9.84 Å². The summed E-state index contributed by atoms with van der Waals surface area (Å²) in [5.74, 6) is 0.319. The highest BCUT2D eigenvalue weighted by atomic mass is 32.2. The molecule has 0 aliphatic carbocycles. The first-order chi connectivity index (χ1) is 16.0. The van der Waals surface area contributed by atoms with Crippen LogP contribution in [0.5, 0.6) is 0 Å². The molecule has 9 heteroatoms. The fourth-order valence-electron chi connectivity index (χ4n) is 3.57. The van der Waals surface area contributed by atoms with Gasteiger partial charge < -0.3 is 10.6 Å². The Morgan fingerprint density at radius 1 is 0.970 bits per heavy atom. The van der Waals surface area contributed by atoms with E-state index in [1.807, 2.05) is 0 Å². The number of nitriles is 1. The maximum Gasteiger partial charge on any atom is 0.319 e. The summed E-state index contributed by atoms with van der Waals surface area (Å²) in [6.07, 6.45) is 0. The molecule has 0 spiro atoms. The lowest BCUT2D eigenvalue weighted by atomic mass is 10.0. The van der Waals surface area contributed by atoms with Crippen molar-refractivity contribution < 1.29 is 13.2 Å². The zero-order valence-corrected chi connectivity index (χ0v) is 18.5. The van der Waals surface area contributed by atoms with Gasteiger partial charge >= 0.3 is 6.03 Å². The maximum absolute atomic E-state index is 13.4. The number of urea groups is 1. The van der Waals surface area contributed by atoms with E-state index in [-0.39, 0.29) is 15.8 Å². The lowest BCUT2D eigenvalue weighted by molar-refractivity contribution is 0.250. The molecule has 1 fully saturated rings. The summed E-state index contributed by atoms with van der Waals surface area (Å²) in [6.45, 7) is 2.11. The number of nitrogens with one attached hydrogen (secondary N) is 4. The molecule has 0 atom stereocenters. The largest absolute Gasteiger partial charge is 0.337 e. The Morgan fingerprint density at radius 3 is 2.30 bits per heavy atom. The van der Waals surface area contributed by atoms with Crippen molar-refractivity contribution in [2.24, 2.45) is 5.92 Å². The van der Waals surface area contributed by atoms with Gasteiger partial charge in [-0.3, -0.25) is 10.9 Å². The number of carbonyl (C=O) groups excluding carboxylic acids is 1. The number of amides is 2. The van der Waals surface area contributed by atoms with Gasteiger partial charge in [0.05, 0.1) is 21.4 Å². The Hall–Kier alpha value is -3.71. The molecule has 3 aromatic rings. The van der Waals surface area contributed by atoms with Crippen molar-refractivity contribution in [3.05, 3.63) is 78.4 Å². The van der Waals surface area contributed by atoms with E-state index >= 15 is 0 Å². The first-order valence-electron chi connectivity index (χ1n) is 10.4. The minimum Gasteiger partial charge on any atom is -0.337 e. The van der Waals surface area contributed by atoms with Crippen molar-refractivity contribution in [3.8, 4) is 17.2 Å². The van der Waals surface area contributed by atoms with Gasteiger partial charge in [-0.05, 0) is 48.0 Å². The van der Waals surface area contributed by atoms with E-state index in [4.69, 9.17) is 5.26 Å². The highest BCUT2D eigenvalue weighted by Gasteiger charge is 2.22. The molecule has 1 saturated heterocycles. The lowest BCUT2D eigenvalue weighted by Gasteiger charge is -2.13. The summed E-state index contributed by atoms with van der Waals surface area (Å²) in [7, 11) is -3.81. The normalized spacial score (nSPS) is 13.9. The van der Waals surface area contributed by atoms with Gasteiger partial charge in [-0.25, -0.2) is 13.2 Å². The molecule has 4 rings (SSSR count). The maximum atomic E-state index is 13.4. The first kappa shape index (κ1) is 22.5. The van der Waals surface area contributed by atoms with Crippen molar-refractivity contribution >= 4 is 21.6 Å². The number of sulfone groups is 1. The molecular formula is C24H23N5O3S. The first-order valence-corrected chi connectivity index (χ1v) is 11.9. The van der Waals surface area contributed by atoms with Crippen molar-refractivity contribution in [2.45, 2.75) is 9.79 Å². The molecule has 1 heterocycles. The van der Waals surface area contributed by atoms with Crippen LogP contribution < -0.4 is 21.5 Å². The highest BCUT2D eigenvalue weighted by molar-refractivity contribution is 7.91. The number of carbonyl (C=O) groups is 1. The number of hydrogen-bond acceptors (Lipinski definition) is 6. The quantitative estimate of drug-likeness (QED) is 0.448. The van der Waals surface area contributed by atoms with Crippen molar-refractivity contribution in [2.75, 3.05) is 25.0 Å². The van der Waals surface area contributed by atoms with E-state index in [0.29, 0.717) is 34.8 Å². The van der Waals surface area contributed by atoms with Crippen molar-refractivity contribution in [3.63, 3.8) is 0 Å². The molecule has 0 saturated carbocycles. The zero-order valence-electron chi connectivity index (χ0n) is 17.7. The van der Waals surface area contributed by atoms with E-state index in [1.165, 1.54) is 12.1 Å². The monoisotopic (exact) mass is 461 g/mol. The molecule has 2 amide bonds. The molecule has 0 aromatic heterocycles. The molecule has 33 heavy (non-hydrogen) atoms. The van der Waals surface area contributed by atoms with Crippen LogP contribution in [0.15, 0.2) is 82.6 Å². The van der Waals surface area contributed by atoms with Crippen molar-refractivity contribution in [1.29, 1.82) is 5.26 Å². The minimum atomic E-state index is -3.81. The van der Waals surface area contributed by atoms with Gasteiger partial charge in [0.15, 0.2) is 0 Å². The van der Waals surface area contributed by atoms with Crippen LogP contribution in [0, 0.1) is 17.2 Å². The fraction of sp³-hybridized carbons (Fsp3) is 0.167. The summed E-state index contributed by atoms with van der Waals surface area (Å²) in [4.78, 5) is 12.4. The Labute approximate surface area is 192 Å². The number of hydrazine groups is 1. The fourth-order valence-corrected chi connectivity index (χ4v) is 5.05. The average Bonchev–Trinajstić information content (AvgIpc) is 3.37. The van der Waals surface area contributed by atoms with Gasteiger partial charge in [0.2, 0.25) is 9.84 Å². The smallest absolute Gasteiger partial charge is 0.319 e. The van der Waals surface area contributed by atoms with Crippen molar-refractivity contribution in [1.82, 2.24) is 16.2 Å². The Morgan fingerprint density at radius 2 is 1.64 bits per heavy atom. The summed E-state index contributed by atoms with van der Waals surface area (Å²) >= 11 is 0. The summed E-state index contributed by atoms with van der Waals surface area (Å²) in [6, 6.07) is 21.3. The van der Waals surface area contributed by atoms with Crippen LogP contribution in [0.1, 0.15) is 5.56 Å². The Bertz CT molecular complexity index is 1280. The summed E-state index contributed by atoms with van der Waals surface area (Å²) < 4.78 is 26.7. The molecule has 168 valence electrons. The Balaban J connectivity index is 1.51. The molecule has 0 radical (unpaired) electrons. The zero-order chi connectivity index (χ0) is 23.3. The Kier molecular flexibility index (Phi) is 6.70. The van der Waals surface area contributed by atoms with Crippen LogP contribution in [0.3, 0.4) is 0 Å². The highest BCUT2D eigenvalue weighted by Crippen LogP contribution is 2.32. The number of hydrogen-bond donors (Lipinski definition) is 4. The van der Waals surface area contributed by atoms with E-state index < -0.39 is 9.84 Å². The average molecular weight is 462 g/mol. The van der Waals surface area contributed by atoms with E-state index in [0.717, 1.165) is 13.1 Å². The lowest BCUT2D eigenvalue weighted by Crippen LogP contribution is -2.34. The molecule has 0 unspecified atom stereocenters. The molecule has 1 aliphatic rings. The molecule has 0 bridgehead atoms. The van der Waals surface area contributed by atoms with Gasteiger partial charge in [-0.2, -0.15) is 5.26 Å². The van der Waals surface area contributed by atoms with Crippen LogP contribution in [0.4, 0.5) is 10.5 Å². The standard InChI is InChI=1S/C24H23N5O3S/c25-13-17-5-7-19(8-6-17)22-3-1-2-4-23(22)33(31,32)21-11-9-20(10-12-21)29-24(30)26-14-18-15-27-28-16-18/h1-12,18,27-28H,14-16H2,(H2,26,29,30). The van der Waals surface area contributed by atoms with Gasteiger partial charge in [0, 0.05) is 36.8 Å². The van der Waals surface area contributed by atoms with E-state index in [2.05, 4.69) is 27.6 Å².